The van der Waals surface area contributed by atoms with Gasteiger partial charge in [0.25, 0.3) is 0 Å². The van der Waals surface area contributed by atoms with E-state index < -0.39 is 12.1 Å². The predicted molar refractivity (Wildman–Crippen MR) is 216 cm³/mol. The SMILES string of the molecule is CC/C=C\C/C=C\C/C=C\C/C=C\C/C=C\CCCCCCCCCCCCCCCCCCCC(=O)NC(CO)C(O)CCCCCC. The molecule has 0 aromatic rings. The van der Waals surface area contributed by atoms with Gasteiger partial charge in [0.2, 0.25) is 5.91 Å². The van der Waals surface area contributed by atoms with Gasteiger partial charge in [0, 0.05) is 6.42 Å². The fraction of sp³-hybridized carbons (Fsp3) is 0.756. The molecule has 284 valence electrons. The van der Waals surface area contributed by atoms with E-state index in [4.69, 9.17) is 0 Å². The number of aliphatic hydroxyl groups excluding tert-OH is 2. The minimum Gasteiger partial charge on any atom is -0.394 e. The Balaban J connectivity index is 3.39. The van der Waals surface area contributed by atoms with E-state index in [0.717, 1.165) is 70.6 Å². The Hall–Kier alpha value is -1.91. The predicted octanol–water partition coefficient (Wildman–Crippen LogP) is 13.0. The third-order valence-electron chi connectivity index (χ3n) is 9.29. The molecule has 0 aromatic heterocycles. The highest BCUT2D eigenvalue weighted by Gasteiger charge is 2.19. The molecule has 0 aliphatic rings. The van der Waals surface area contributed by atoms with Crippen molar-refractivity contribution < 1.29 is 15.0 Å². The van der Waals surface area contributed by atoms with Crippen LogP contribution in [-0.4, -0.2) is 34.9 Å². The van der Waals surface area contributed by atoms with Crippen LogP contribution in [0.1, 0.15) is 200 Å². The van der Waals surface area contributed by atoms with Gasteiger partial charge in [-0.1, -0.05) is 197 Å². The highest BCUT2D eigenvalue weighted by Crippen LogP contribution is 2.15. The van der Waals surface area contributed by atoms with Gasteiger partial charge in [-0.2, -0.15) is 0 Å². The summed E-state index contributed by atoms with van der Waals surface area (Å²) in [6, 6.07) is -0.532. The maximum absolute atomic E-state index is 12.2. The number of allylic oxidation sites excluding steroid dienone is 10. The first-order chi connectivity index (χ1) is 24.2. The Bertz CT molecular complexity index is 827. The molecule has 0 aliphatic heterocycles. The monoisotopic (exact) mass is 684 g/mol. The fourth-order valence-electron chi connectivity index (χ4n) is 6.09. The zero-order valence-electron chi connectivity index (χ0n) is 32.4. The number of rotatable bonds is 37. The number of hydrogen-bond acceptors (Lipinski definition) is 3. The third kappa shape index (κ3) is 37.2. The summed E-state index contributed by atoms with van der Waals surface area (Å²) in [5, 5.41) is 22.7. The molecule has 0 fully saturated rings. The number of carbonyl (C=O) groups is 1. The molecule has 0 aliphatic carbocycles. The van der Waals surface area contributed by atoms with Crippen molar-refractivity contribution in [3.63, 3.8) is 0 Å². The lowest BCUT2D eigenvalue weighted by Gasteiger charge is -2.22. The van der Waals surface area contributed by atoms with Gasteiger partial charge < -0.3 is 15.5 Å². The second-order valence-corrected chi connectivity index (χ2v) is 14.0. The second-order valence-electron chi connectivity index (χ2n) is 14.0. The Morgan fingerprint density at radius 2 is 0.898 bits per heavy atom. The molecular weight excluding hydrogens is 602 g/mol. The number of nitrogens with one attached hydrogen (secondary N) is 1. The molecule has 0 spiro atoms. The van der Waals surface area contributed by atoms with Crippen LogP contribution in [0.25, 0.3) is 0 Å². The number of amides is 1. The molecule has 2 atom stereocenters. The van der Waals surface area contributed by atoms with Crippen molar-refractivity contribution >= 4 is 5.91 Å². The van der Waals surface area contributed by atoms with Crippen LogP contribution >= 0.6 is 0 Å². The molecule has 0 rings (SSSR count). The van der Waals surface area contributed by atoms with Crippen molar-refractivity contribution in [1.82, 2.24) is 5.32 Å². The number of aliphatic hydroxyl groups is 2. The molecule has 2 unspecified atom stereocenters. The summed E-state index contributed by atoms with van der Waals surface area (Å²) in [5.74, 6) is -0.0419. The van der Waals surface area contributed by atoms with E-state index in [1.807, 2.05) is 0 Å². The third-order valence-corrected chi connectivity index (χ3v) is 9.29. The summed E-state index contributed by atoms with van der Waals surface area (Å²) < 4.78 is 0. The summed E-state index contributed by atoms with van der Waals surface area (Å²) >= 11 is 0. The fourth-order valence-corrected chi connectivity index (χ4v) is 6.09. The molecular formula is C45H81NO3. The Morgan fingerprint density at radius 1 is 0.510 bits per heavy atom. The van der Waals surface area contributed by atoms with E-state index in [9.17, 15) is 15.0 Å². The van der Waals surface area contributed by atoms with Crippen molar-refractivity contribution in [3.8, 4) is 0 Å². The maximum atomic E-state index is 12.2. The summed E-state index contributed by atoms with van der Waals surface area (Å²) in [7, 11) is 0. The number of hydrogen-bond donors (Lipinski definition) is 3. The second kappa shape index (κ2) is 40.5. The van der Waals surface area contributed by atoms with E-state index in [1.54, 1.807) is 0 Å². The molecule has 0 heterocycles. The van der Waals surface area contributed by atoms with Gasteiger partial charge in [0.1, 0.15) is 0 Å². The normalized spacial score (nSPS) is 13.6. The van der Waals surface area contributed by atoms with Crippen molar-refractivity contribution in [2.45, 2.75) is 212 Å². The average molecular weight is 684 g/mol. The molecule has 0 saturated heterocycles. The number of carbonyl (C=O) groups excluding carboxylic acids is 1. The standard InChI is InChI=1S/C45H81NO3/c1-3-5-7-9-10-11-12-13-14-15-16-17-18-19-20-21-22-23-24-25-26-27-28-29-30-31-32-33-34-35-36-37-39-41-45(49)46-43(42-47)44(48)40-38-8-6-4-2/h5,7,10-11,13-14,16-17,19-20,43-44,47-48H,3-4,6,8-9,12,15,18,21-42H2,1-2H3,(H,46,49)/b7-5-,11-10-,14-13-,17-16-,20-19-. The minimum absolute atomic E-state index is 0.0419. The van der Waals surface area contributed by atoms with Gasteiger partial charge in [-0.3, -0.25) is 4.79 Å². The van der Waals surface area contributed by atoms with Gasteiger partial charge in [-0.25, -0.2) is 0 Å². The first-order valence-corrected chi connectivity index (χ1v) is 21.0. The Morgan fingerprint density at radius 3 is 1.33 bits per heavy atom. The maximum Gasteiger partial charge on any atom is 0.220 e. The van der Waals surface area contributed by atoms with Crippen LogP contribution in [0.2, 0.25) is 0 Å². The van der Waals surface area contributed by atoms with Crippen molar-refractivity contribution in [1.29, 1.82) is 0 Å². The van der Waals surface area contributed by atoms with Crippen LogP contribution in [0.3, 0.4) is 0 Å². The zero-order chi connectivity index (χ0) is 35.7. The number of unbranched alkanes of at least 4 members (excludes halogenated alkanes) is 20. The van der Waals surface area contributed by atoms with Gasteiger partial charge in [0.15, 0.2) is 0 Å². The van der Waals surface area contributed by atoms with E-state index in [2.05, 4.69) is 79.9 Å². The lowest BCUT2D eigenvalue weighted by atomic mass is 10.0. The van der Waals surface area contributed by atoms with Crippen LogP contribution in [-0.2, 0) is 4.79 Å². The molecule has 4 heteroatoms. The molecule has 0 saturated carbocycles. The van der Waals surface area contributed by atoms with E-state index in [1.165, 1.54) is 103 Å². The molecule has 4 nitrogen and oxygen atoms in total. The van der Waals surface area contributed by atoms with Gasteiger partial charge >= 0.3 is 0 Å². The lowest BCUT2D eigenvalue weighted by Crippen LogP contribution is -2.45. The summed E-state index contributed by atoms with van der Waals surface area (Å²) in [4.78, 5) is 12.2. The highest BCUT2D eigenvalue weighted by molar-refractivity contribution is 5.76. The summed E-state index contributed by atoms with van der Waals surface area (Å²) in [6.07, 6.45) is 56.4. The Labute approximate surface area is 305 Å². The van der Waals surface area contributed by atoms with Crippen LogP contribution in [0, 0.1) is 0 Å². The van der Waals surface area contributed by atoms with Crippen LogP contribution in [0.4, 0.5) is 0 Å². The van der Waals surface area contributed by atoms with E-state index in [0.29, 0.717) is 12.8 Å². The van der Waals surface area contributed by atoms with Crippen LogP contribution in [0.5, 0.6) is 0 Å². The van der Waals surface area contributed by atoms with Crippen LogP contribution < -0.4 is 5.32 Å². The first-order valence-electron chi connectivity index (χ1n) is 21.0. The molecule has 49 heavy (non-hydrogen) atoms. The minimum atomic E-state index is -0.655. The summed E-state index contributed by atoms with van der Waals surface area (Å²) in [6.45, 7) is 4.13. The van der Waals surface area contributed by atoms with Crippen molar-refractivity contribution in [2.24, 2.45) is 0 Å². The first kappa shape index (κ1) is 47.1. The smallest absolute Gasteiger partial charge is 0.220 e. The highest BCUT2D eigenvalue weighted by atomic mass is 16.3. The molecule has 3 N–H and O–H groups in total. The van der Waals surface area contributed by atoms with E-state index in [-0.39, 0.29) is 12.5 Å². The molecule has 1 amide bonds. The lowest BCUT2D eigenvalue weighted by molar-refractivity contribution is -0.123. The quantitative estimate of drug-likeness (QED) is 0.0451. The topological polar surface area (TPSA) is 69.6 Å². The zero-order valence-corrected chi connectivity index (χ0v) is 32.4. The van der Waals surface area contributed by atoms with Gasteiger partial charge in [0.05, 0.1) is 18.8 Å². The summed E-state index contributed by atoms with van der Waals surface area (Å²) in [5.41, 5.74) is 0. The van der Waals surface area contributed by atoms with Crippen LogP contribution in [0.15, 0.2) is 60.8 Å². The van der Waals surface area contributed by atoms with Gasteiger partial charge in [-0.05, 0) is 57.8 Å². The van der Waals surface area contributed by atoms with Gasteiger partial charge in [-0.15, -0.1) is 0 Å². The molecule has 0 radical (unpaired) electrons. The molecule has 0 aromatic carbocycles. The largest absolute Gasteiger partial charge is 0.394 e. The van der Waals surface area contributed by atoms with Crippen molar-refractivity contribution in [2.75, 3.05) is 6.61 Å². The molecule has 0 bridgehead atoms. The average Bonchev–Trinajstić information content (AvgIpc) is 3.11. The Kier molecular flexibility index (Phi) is 38.9. The van der Waals surface area contributed by atoms with Crippen molar-refractivity contribution in [3.05, 3.63) is 60.8 Å². The van der Waals surface area contributed by atoms with E-state index >= 15 is 0 Å².